The highest BCUT2D eigenvalue weighted by molar-refractivity contribution is 5.77. The highest BCUT2D eigenvalue weighted by Gasteiger charge is 2.11. The first-order valence-electron chi connectivity index (χ1n) is 6.29. The highest BCUT2D eigenvalue weighted by Crippen LogP contribution is 2.38. The van der Waals surface area contributed by atoms with E-state index < -0.39 is 0 Å². The number of phenols is 2. The monoisotopic (exact) mass is 242 g/mol. The topological polar surface area (TPSA) is 40.5 Å². The molecule has 2 N–H and O–H groups in total. The van der Waals surface area contributed by atoms with Crippen LogP contribution in [0, 0.1) is 0 Å². The first-order chi connectivity index (χ1) is 8.65. The molecule has 0 aliphatic heterocycles. The van der Waals surface area contributed by atoms with E-state index in [0.29, 0.717) is 5.56 Å². The van der Waals surface area contributed by atoms with E-state index in [0.717, 1.165) is 24.0 Å². The Labute approximate surface area is 108 Å². The Bertz CT molecular complexity index is 536. The van der Waals surface area contributed by atoms with Crippen LogP contribution in [0.3, 0.4) is 0 Å². The van der Waals surface area contributed by atoms with Crippen LogP contribution in [0.25, 0.3) is 11.1 Å². The number of hydrogen-bond donors (Lipinski definition) is 2. The highest BCUT2D eigenvalue weighted by atomic mass is 16.3. The van der Waals surface area contributed by atoms with E-state index in [1.54, 1.807) is 12.1 Å². The lowest BCUT2D eigenvalue weighted by Gasteiger charge is -2.10. The van der Waals surface area contributed by atoms with E-state index in [4.69, 9.17) is 0 Å². The van der Waals surface area contributed by atoms with Gasteiger partial charge in [-0.05, 0) is 41.7 Å². The molecular formula is C16H18O2. The molecule has 2 aromatic carbocycles. The Morgan fingerprint density at radius 3 is 2.00 bits per heavy atom. The average Bonchev–Trinajstić information content (AvgIpc) is 2.38. The van der Waals surface area contributed by atoms with Gasteiger partial charge in [-0.2, -0.15) is 0 Å². The van der Waals surface area contributed by atoms with Gasteiger partial charge >= 0.3 is 0 Å². The van der Waals surface area contributed by atoms with Crippen molar-refractivity contribution < 1.29 is 10.2 Å². The third-order valence-electron chi connectivity index (χ3n) is 3.19. The van der Waals surface area contributed by atoms with Gasteiger partial charge in [-0.3, -0.25) is 0 Å². The Kier molecular flexibility index (Phi) is 3.56. The van der Waals surface area contributed by atoms with Gasteiger partial charge in [-0.25, -0.2) is 0 Å². The SMILES string of the molecule is CCc1cccc(-c2c(O)cc(CC)cc2O)c1. The second kappa shape index (κ2) is 5.13. The molecule has 0 saturated heterocycles. The zero-order valence-electron chi connectivity index (χ0n) is 10.8. The molecule has 0 unspecified atom stereocenters. The summed E-state index contributed by atoms with van der Waals surface area (Å²) in [7, 11) is 0. The van der Waals surface area contributed by atoms with Crippen LogP contribution in [0.15, 0.2) is 36.4 Å². The zero-order chi connectivity index (χ0) is 13.1. The fourth-order valence-corrected chi connectivity index (χ4v) is 2.12. The molecule has 0 radical (unpaired) electrons. The van der Waals surface area contributed by atoms with Crippen LogP contribution in [0.2, 0.25) is 0 Å². The Balaban J connectivity index is 2.56. The number of aryl methyl sites for hydroxylation is 2. The fourth-order valence-electron chi connectivity index (χ4n) is 2.12. The van der Waals surface area contributed by atoms with E-state index in [9.17, 15) is 10.2 Å². The van der Waals surface area contributed by atoms with Crippen LogP contribution in [-0.4, -0.2) is 10.2 Å². The fraction of sp³-hybridized carbons (Fsp3) is 0.250. The van der Waals surface area contributed by atoms with Crippen molar-refractivity contribution in [2.75, 3.05) is 0 Å². The lowest BCUT2D eigenvalue weighted by Crippen LogP contribution is -1.87. The molecule has 0 aliphatic rings. The van der Waals surface area contributed by atoms with Crippen molar-refractivity contribution in [3.8, 4) is 22.6 Å². The van der Waals surface area contributed by atoms with Crippen molar-refractivity contribution in [2.45, 2.75) is 26.7 Å². The predicted octanol–water partition coefficient (Wildman–Crippen LogP) is 3.89. The molecule has 0 atom stereocenters. The molecule has 0 bridgehead atoms. The van der Waals surface area contributed by atoms with E-state index in [-0.39, 0.29) is 11.5 Å². The maximum atomic E-state index is 10.1. The van der Waals surface area contributed by atoms with Gasteiger partial charge in [0.15, 0.2) is 0 Å². The van der Waals surface area contributed by atoms with Crippen LogP contribution in [-0.2, 0) is 12.8 Å². The molecule has 0 amide bonds. The van der Waals surface area contributed by atoms with E-state index >= 15 is 0 Å². The second-order valence-electron chi connectivity index (χ2n) is 4.42. The van der Waals surface area contributed by atoms with Crippen LogP contribution in [0.4, 0.5) is 0 Å². The molecule has 2 rings (SSSR count). The zero-order valence-corrected chi connectivity index (χ0v) is 10.8. The van der Waals surface area contributed by atoms with Gasteiger partial charge in [-0.15, -0.1) is 0 Å². The lowest BCUT2D eigenvalue weighted by atomic mass is 9.98. The van der Waals surface area contributed by atoms with Gasteiger partial charge < -0.3 is 10.2 Å². The van der Waals surface area contributed by atoms with Crippen molar-refractivity contribution in [3.05, 3.63) is 47.5 Å². The van der Waals surface area contributed by atoms with E-state index in [2.05, 4.69) is 6.92 Å². The largest absolute Gasteiger partial charge is 0.507 e. The van der Waals surface area contributed by atoms with Gasteiger partial charge in [0.1, 0.15) is 11.5 Å². The summed E-state index contributed by atoms with van der Waals surface area (Å²) in [4.78, 5) is 0. The van der Waals surface area contributed by atoms with Crippen molar-refractivity contribution in [1.29, 1.82) is 0 Å². The lowest BCUT2D eigenvalue weighted by molar-refractivity contribution is 0.453. The summed E-state index contributed by atoms with van der Waals surface area (Å²) in [6.07, 6.45) is 1.72. The number of benzene rings is 2. The quantitative estimate of drug-likeness (QED) is 0.857. The predicted molar refractivity (Wildman–Crippen MR) is 74.0 cm³/mol. The number of phenolic OH excluding ortho intramolecular Hbond substituents is 2. The van der Waals surface area contributed by atoms with Crippen molar-refractivity contribution in [1.82, 2.24) is 0 Å². The first kappa shape index (κ1) is 12.5. The molecule has 0 aliphatic carbocycles. The van der Waals surface area contributed by atoms with Crippen LogP contribution in [0.1, 0.15) is 25.0 Å². The summed E-state index contributed by atoms with van der Waals surface area (Å²) in [6, 6.07) is 11.3. The summed E-state index contributed by atoms with van der Waals surface area (Å²) < 4.78 is 0. The number of rotatable bonds is 3. The van der Waals surface area contributed by atoms with Crippen LogP contribution < -0.4 is 0 Å². The van der Waals surface area contributed by atoms with Gasteiger partial charge in [0.25, 0.3) is 0 Å². The van der Waals surface area contributed by atoms with Gasteiger partial charge in [0, 0.05) is 0 Å². The molecule has 0 heterocycles. The molecule has 18 heavy (non-hydrogen) atoms. The smallest absolute Gasteiger partial charge is 0.127 e. The second-order valence-corrected chi connectivity index (χ2v) is 4.42. The summed E-state index contributed by atoms with van der Waals surface area (Å²) in [5.74, 6) is 0.278. The maximum Gasteiger partial charge on any atom is 0.127 e. The molecule has 2 nitrogen and oxygen atoms in total. The maximum absolute atomic E-state index is 10.1. The summed E-state index contributed by atoms with van der Waals surface area (Å²) >= 11 is 0. The van der Waals surface area contributed by atoms with E-state index in [1.807, 2.05) is 31.2 Å². The summed E-state index contributed by atoms with van der Waals surface area (Å²) in [5, 5.41) is 20.1. The third kappa shape index (κ3) is 2.33. The molecule has 94 valence electrons. The Hall–Kier alpha value is -1.96. The van der Waals surface area contributed by atoms with Crippen molar-refractivity contribution in [2.24, 2.45) is 0 Å². The van der Waals surface area contributed by atoms with Crippen LogP contribution >= 0.6 is 0 Å². The molecule has 2 aromatic rings. The number of aromatic hydroxyl groups is 2. The van der Waals surface area contributed by atoms with Crippen molar-refractivity contribution >= 4 is 0 Å². The normalized spacial score (nSPS) is 10.6. The summed E-state index contributed by atoms with van der Waals surface area (Å²) in [6.45, 7) is 4.07. The van der Waals surface area contributed by atoms with Crippen molar-refractivity contribution in [3.63, 3.8) is 0 Å². The third-order valence-corrected chi connectivity index (χ3v) is 3.19. The number of hydrogen-bond acceptors (Lipinski definition) is 2. The minimum absolute atomic E-state index is 0.139. The average molecular weight is 242 g/mol. The molecule has 0 fully saturated rings. The molecule has 0 aromatic heterocycles. The summed E-state index contributed by atoms with van der Waals surface area (Å²) in [5.41, 5.74) is 3.49. The molecule has 0 spiro atoms. The molecule has 0 saturated carbocycles. The Morgan fingerprint density at radius 1 is 0.833 bits per heavy atom. The standard InChI is InChI=1S/C16H18O2/c1-3-11-6-5-7-13(8-11)16-14(17)9-12(4-2)10-15(16)18/h5-10,17-18H,3-4H2,1-2H3. The minimum atomic E-state index is 0.139. The van der Waals surface area contributed by atoms with Gasteiger partial charge in [0.05, 0.1) is 5.56 Å². The Morgan fingerprint density at radius 2 is 1.44 bits per heavy atom. The van der Waals surface area contributed by atoms with E-state index in [1.165, 1.54) is 5.56 Å². The first-order valence-corrected chi connectivity index (χ1v) is 6.29. The van der Waals surface area contributed by atoms with Gasteiger partial charge in [-0.1, -0.05) is 38.1 Å². The van der Waals surface area contributed by atoms with Crippen LogP contribution in [0.5, 0.6) is 11.5 Å². The van der Waals surface area contributed by atoms with Gasteiger partial charge in [0.2, 0.25) is 0 Å². The molecular weight excluding hydrogens is 224 g/mol. The molecule has 2 heteroatoms. The minimum Gasteiger partial charge on any atom is -0.507 e.